The van der Waals surface area contributed by atoms with Crippen LogP contribution in [0.25, 0.3) is 0 Å². The Balaban J connectivity index is 2.14. The third-order valence-electron chi connectivity index (χ3n) is 4.91. The van der Waals surface area contributed by atoms with Crippen molar-refractivity contribution in [3.63, 3.8) is 0 Å². The van der Waals surface area contributed by atoms with Gasteiger partial charge in [-0.05, 0) is 50.6 Å². The highest BCUT2D eigenvalue weighted by atomic mass is 32.2. The summed E-state index contributed by atoms with van der Waals surface area (Å²) in [6.45, 7) is 9.90. The van der Waals surface area contributed by atoms with Gasteiger partial charge in [0.1, 0.15) is 0 Å². The van der Waals surface area contributed by atoms with Gasteiger partial charge in [0.2, 0.25) is 10.0 Å². The number of anilines is 1. The molecule has 0 heterocycles. The molecule has 3 N–H and O–H groups in total. The molecule has 2 aromatic rings. The van der Waals surface area contributed by atoms with Gasteiger partial charge in [-0.1, -0.05) is 38.1 Å². The number of hydrogen-bond donors (Lipinski definition) is 3. The minimum absolute atomic E-state index is 0.0375. The van der Waals surface area contributed by atoms with Crippen molar-refractivity contribution in [3.8, 4) is 0 Å². The fraction of sp³-hybridized carbons (Fsp3) is 0.391. The maximum atomic E-state index is 12.9. The predicted molar refractivity (Wildman–Crippen MR) is 126 cm³/mol. The van der Waals surface area contributed by atoms with Crippen LogP contribution in [0.15, 0.2) is 53.4 Å². The molecule has 3 amide bonds. The number of sulfonamides is 1. The van der Waals surface area contributed by atoms with Crippen LogP contribution in [-0.4, -0.2) is 43.8 Å². The summed E-state index contributed by atoms with van der Waals surface area (Å²) in [4.78, 5) is 25.1. The summed E-state index contributed by atoms with van der Waals surface area (Å²) < 4.78 is 26.7. The van der Waals surface area contributed by atoms with Crippen molar-refractivity contribution in [1.82, 2.24) is 14.9 Å². The van der Waals surface area contributed by atoms with Gasteiger partial charge >= 0.3 is 6.03 Å². The van der Waals surface area contributed by atoms with Crippen molar-refractivity contribution in [2.75, 3.05) is 18.4 Å². The first-order chi connectivity index (χ1) is 15.1. The molecular formula is C23H32N4O4S. The number of urea groups is 1. The SMILES string of the molecule is CCN(CC)S(=O)(=O)c1ccc(C(C)NC(=O)c2ccccc2NC(=O)NC(C)C)cc1. The fourth-order valence-electron chi connectivity index (χ4n) is 3.21. The van der Waals surface area contributed by atoms with E-state index in [1.165, 1.54) is 4.31 Å². The van der Waals surface area contributed by atoms with E-state index in [0.29, 0.717) is 24.3 Å². The average Bonchev–Trinajstić information content (AvgIpc) is 2.74. The quantitative estimate of drug-likeness (QED) is 0.530. The van der Waals surface area contributed by atoms with Crippen LogP contribution in [0, 0.1) is 0 Å². The van der Waals surface area contributed by atoms with Gasteiger partial charge in [0.25, 0.3) is 5.91 Å². The summed E-state index contributed by atoms with van der Waals surface area (Å²) in [6, 6.07) is 12.4. The maximum Gasteiger partial charge on any atom is 0.319 e. The van der Waals surface area contributed by atoms with Gasteiger partial charge in [0.15, 0.2) is 0 Å². The number of carbonyl (C=O) groups is 2. The molecule has 32 heavy (non-hydrogen) atoms. The molecule has 2 rings (SSSR count). The molecular weight excluding hydrogens is 428 g/mol. The molecule has 0 saturated carbocycles. The molecule has 174 valence electrons. The van der Waals surface area contributed by atoms with Crippen molar-refractivity contribution < 1.29 is 18.0 Å². The van der Waals surface area contributed by atoms with E-state index in [1.54, 1.807) is 62.4 Å². The Kier molecular flexibility index (Phi) is 8.80. The molecule has 1 atom stereocenters. The normalized spacial score (nSPS) is 12.5. The molecule has 0 radical (unpaired) electrons. The molecule has 0 aliphatic carbocycles. The summed E-state index contributed by atoms with van der Waals surface area (Å²) in [7, 11) is -3.54. The van der Waals surface area contributed by atoms with Crippen LogP contribution in [0.5, 0.6) is 0 Å². The van der Waals surface area contributed by atoms with E-state index in [9.17, 15) is 18.0 Å². The second kappa shape index (κ2) is 11.1. The number of benzene rings is 2. The molecule has 8 nitrogen and oxygen atoms in total. The van der Waals surface area contributed by atoms with Crippen molar-refractivity contribution in [2.45, 2.75) is 51.6 Å². The first-order valence-corrected chi connectivity index (χ1v) is 12.1. The van der Waals surface area contributed by atoms with E-state index in [0.717, 1.165) is 5.56 Å². The molecule has 9 heteroatoms. The first kappa shape index (κ1) is 25.4. The minimum Gasteiger partial charge on any atom is -0.345 e. The van der Waals surface area contributed by atoms with Crippen LogP contribution in [0.4, 0.5) is 10.5 Å². The molecule has 0 aliphatic heterocycles. The Bertz CT molecular complexity index is 1030. The zero-order valence-electron chi connectivity index (χ0n) is 19.2. The lowest BCUT2D eigenvalue weighted by molar-refractivity contribution is 0.0940. The van der Waals surface area contributed by atoms with E-state index in [1.807, 2.05) is 20.8 Å². The standard InChI is InChI=1S/C23H32N4O4S/c1-6-27(7-2)32(30,31)19-14-12-18(13-15-19)17(5)25-22(28)20-10-8-9-11-21(20)26-23(29)24-16(3)4/h8-17H,6-7H2,1-5H3,(H,25,28)(H2,24,26,29). The monoisotopic (exact) mass is 460 g/mol. The van der Waals surface area contributed by atoms with Crippen LogP contribution in [0.1, 0.15) is 56.6 Å². The van der Waals surface area contributed by atoms with Crippen molar-refractivity contribution in [2.24, 2.45) is 0 Å². The van der Waals surface area contributed by atoms with E-state index in [-0.39, 0.29) is 22.9 Å². The second-order valence-electron chi connectivity index (χ2n) is 7.65. The van der Waals surface area contributed by atoms with E-state index in [2.05, 4.69) is 16.0 Å². The summed E-state index contributed by atoms with van der Waals surface area (Å²) in [5, 5.41) is 8.32. The molecule has 0 spiro atoms. The number of para-hydroxylation sites is 1. The smallest absolute Gasteiger partial charge is 0.319 e. The summed E-state index contributed by atoms with van der Waals surface area (Å²) in [5.41, 5.74) is 1.50. The number of rotatable bonds is 9. The van der Waals surface area contributed by atoms with Gasteiger partial charge in [-0.2, -0.15) is 4.31 Å². The van der Waals surface area contributed by atoms with E-state index in [4.69, 9.17) is 0 Å². The zero-order valence-corrected chi connectivity index (χ0v) is 20.0. The Labute approximate surface area is 190 Å². The maximum absolute atomic E-state index is 12.9. The molecule has 0 aromatic heterocycles. The highest BCUT2D eigenvalue weighted by Crippen LogP contribution is 2.21. The Morgan fingerprint density at radius 1 is 0.906 bits per heavy atom. The van der Waals surface area contributed by atoms with Gasteiger partial charge in [-0.3, -0.25) is 4.79 Å². The van der Waals surface area contributed by atoms with Gasteiger partial charge in [0.05, 0.1) is 22.2 Å². The third-order valence-corrected chi connectivity index (χ3v) is 6.97. The molecule has 0 bridgehead atoms. The van der Waals surface area contributed by atoms with E-state index < -0.39 is 16.1 Å². The number of amides is 3. The zero-order chi connectivity index (χ0) is 23.9. The Morgan fingerprint density at radius 3 is 2.06 bits per heavy atom. The molecule has 1 unspecified atom stereocenters. The van der Waals surface area contributed by atoms with Crippen molar-refractivity contribution >= 4 is 27.6 Å². The molecule has 2 aromatic carbocycles. The van der Waals surface area contributed by atoms with Crippen LogP contribution in [-0.2, 0) is 10.0 Å². The van der Waals surface area contributed by atoms with Gasteiger partial charge in [0, 0.05) is 19.1 Å². The number of nitrogens with zero attached hydrogens (tertiary/aromatic N) is 1. The lowest BCUT2D eigenvalue weighted by Crippen LogP contribution is -2.35. The lowest BCUT2D eigenvalue weighted by Gasteiger charge is -2.20. The summed E-state index contributed by atoms with van der Waals surface area (Å²) >= 11 is 0. The summed E-state index contributed by atoms with van der Waals surface area (Å²) in [6.07, 6.45) is 0. The number of nitrogens with one attached hydrogen (secondary N) is 3. The van der Waals surface area contributed by atoms with Crippen molar-refractivity contribution in [3.05, 3.63) is 59.7 Å². The van der Waals surface area contributed by atoms with Gasteiger partial charge in [-0.15, -0.1) is 0 Å². The second-order valence-corrected chi connectivity index (χ2v) is 9.59. The number of carbonyl (C=O) groups excluding carboxylic acids is 2. The Morgan fingerprint density at radius 2 is 1.50 bits per heavy atom. The van der Waals surface area contributed by atoms with Gasteiger partial charge < -0.3 is 16.0 Å². The third kappa shape index (κ3) is 6.30. The van der Waals surface area contributed by atoms with Gasteiger partial charge in [-0.25, -0.2) is 13.2 Å². The topological polar surface area (TPSA) is 108 Å². The lowest BCUT2D eigenvalue weighted by atomic mass is 10.1. The van der Waals surface area contributed by atoms with Crippen LogP contribution >= 0.6 is 0 Å². The largest absolute Gasteiger partial charge is 0.345 e. The fourth-order valence-corrected chi connectivity index (χ4v) is 4.67. The first-order valence-electron chi connectivity index (χ1n) is 10.7. The average molecular weight is 461 g/mol. The summed E-state index contributed by atoms with van der Waals surface area (Å²) in [5.74, 6) is -0.349. The number of hydrogen-bond acceptors (Lipinski definition) is 4. The van der Waals surface area contributed by atoms with Crippen molar-refractivity contribution in [1.29, 1.82) is 0 Å². The predicted octanol–water partition coefficient (Wildman–Crippen LogP) is 3.74. The highest BCUT2D eigenvalue weighted by Gasteiger charge is 2.22. The molecule has 0 fully saturated rings. The van der Waals surface area contributed by atoms with Crippen LogP contribution in [0.2, 0.25) is 0 Å². The highest BCUT2D eigenvalue weighted by molar-refractivity contribution is 7.89. The van der Waals surface area contributed by atoms with E-state index >= 15 is 0 Å². The van der Waals surface area contributed by atoms with Crippen LogP contribution in [0.3, 0.4) is 0 Å². The van der Waals surface area contributed by atoms with Crippen LogP contribution < -0.4 is 16.0 Å². The molecule has 0 aliphatic rings. The minimum atomic E-state index is -3.54. The Hall–Kier alpha value is -2.91. The molecule has 0 saturated heterocycles.